The number of carbonyl (C=O) groups is 1. The van der Waals surface area contributed by atoms with Gasteiger partial charge in [-0.15, -0.1) is 0 Å². The number of anilines is 1. The molecule has 0 atom stereocenters. The van der Waals surface area contributed by atoms with Gasteiger partial charge in [0, 0.05) is 12.0 Å². The van der Waals surface area contributed by atoms with Gasteiger partial charge >= 0.3 is 0 Å². The van der Waals surface area contributed by atoms with E-state index in [1.165, 1.54) is 18.9 Å². The van der Waals surface area contributed by atoms with Gasteiger partial charge in [0.05, 0.1) is 4.70 Å². The molecule has 1 heterocycles. The zero-order valence-electron chi connectivity index (χ0n) is 11.5. The Hall–Kier alpha value is -1.56. The molecule has 1 saturated carbocycles. The Morgan fingerprint density at radius 2 is 1.90 bits per heavy atom. The van der Waals surface area contributed by atoms with E-state index in [1.54, 1.807) is 0 Å². The summed E-state index contributed by atoms with van der Waals surface area (Å²) < 4.78 is 27.2. The van der Waals surface area contributed by atoms with Crippen molar-refractivity contribution in [1.82, 2.24) is 4.98 Å². The Balaban J connectivity index is 1.78. The van der Waals surface area contributed by atoms with Crippen LogP contribution in [0.2, 0.25) is 0 Å². The van der Waals surface area contributed by atoms with E-state index in [0.717, 1.165) is 43.1 Å². The average molecular weight is 310 g/mol. The maximum Gasteiger partial charge on any atom is 0.229 e. The summed E-state index contributed by atoms with van der Waals surface area (Å²) in [5.41, 5.74) is 0.109. The van der Waals surface area contributed by atoms with E-state index in [2.05, 4.69) is 10.3 Å². The highest BCUT2D eigenvalue weighted by atomic mass is 32.1. The fraction of sp³-hybridized carbons (Fsp3) is 0.467. The summed E-state index contributed by atoms with van der Waals surface area (Å²) in [5, 5.41) is 3.09. The van der Waals surface area contributed by atoms with Crippen molar-refractivity contribution in [2.45, 2.75) is 38.5 Å². The van der Waals surface area contributed by atoms with Crippen molar-refractivity contribution in [3.05, 3.63) is 23.8 Å². The standard InChI is InChI=1S/C15H16F2N2OS/c16-10-7-11(17)13-12(8-10)21-15(18-13)19-14(20)9-5-3-1-2-4-6-9/h7-9H,1-6H2,(H,18,19,20). The highest BCUT2D eigenvalue weighted by Gasteiger charge is 2.21. The Morgan fingerprint density at radius 3 is 2.62 bits per heavy atom. The molecule has 2 aromatic rings. The molecule has 6 heteroatoms. The van der Waals surface area contributed by atoms with Gasteiger partial charge in [-0.05, 0) is 18.9 Å². The average Bonchev–Trinajstić information content (AvgIpc) is 2.67. The predicted octanol–water partition coefficient (Wildman–Crippen LogP) is 4.48. The normalized spacial score (nSPS) is 16.9. The minimum atomic E-state index is -0.698. The lowest BCUT2D eigenvalue weighted by Crippen LogP contribution is -2.22. The van der Waals surface area contributed by atoms with Crippen molar-refractivity contribution >= 4 is 32.6 Å². The Labute approximate surface area is 125 Å². The molecule has 0 spiro atoms. The quantitative estimate of drug-likeness (QED) is 0.831. The molecule has 1 amide bonds. The van der Waals surface area contributed by atoms with Crippen LogP contribution in [0.1, 0.15) is 38.5 Å². The molecule has 1 fully saturated rings. The summed E-state index contributed by atoms with van der Waals surface area (Å²) in [4.78, 5) is 16.3. The van der Waals surface area contributed by atoms with Gasteiger partial charge in [0.25, 0.3) is 0 Å². The van der Waals surface area contributed by atoms with Crippen molar-refractivity contribution in [2.75, 3.05) is 5.32 Å². The third-order valence-electron chi connectivity index (χ3n) is 3.87. The number of rotatable bonds is 2. The molecule has 1 aromatic heterocycles. The number of carbonyl (C=O) groups excluding carboxylic acids is 1. The third kappa shape index (κ3) is 3.20. The second-order valence-electron chi connectivity index (χ2n) is 5.43. The van der Waals surface area contributed by atoms with Gasteiger partial charge in [-0.1, -0.05) is 37.0 Å². The van der Waals surface area contributed by atoms with Crippen LogP contribution in [-0.4, -0.2) is 10.9 Å². The number of nitrogens with one attached hydrogen (secondary N) is 1. The summed E-state index contributed by atoms with van der Waals surface area (Å²) in [6.07, 6.45) is 6.26. The Kier molecular flexibility index (Phi) is 4.14. The van der Waals surface area contributed by atoms with Gasteiger partial charge < -0.3 is 5.32 Å². The number of nitrogens with zero attached hydrogens (tertiary/aromatic N) is 1. The van der Waals surface area contributed by atoms with E-state index >= 15 is 0 Å². The van der Waals surface area contributed by atoms with E-state index in [-0.39, 0.29) is 17.3 Å². The largest absolute Gasteiger partial charge is 0.302 e. The van der Waals surface area contributed by atoms with Crippen molar-refractivity contribution in [2.24, 2.45) is 5.92 Å². The van der Waals surface area contributed by atoms with Crippen molar-refractivity contribution < 1.29 is 13.6 Å². The lowest BCUT2D eigenvalue weighted by Gasteiger charge is -2.12. The monoisotopic (exact) mass is 310 g/mol. The predicted molar refractivity (Wildman–Crippen MR) is 79.4 cm³/mol. The van der Waals surface area contributed by atoms with E-state index in [0.29, 0.717) is 9.83 Å². The van der Waals surface area contributed by atoms with Gasteiger partial charge in [-0.3, -0.25) is 4.79 Å². The second-order valence-corrected chi connectivity index (χ2v) is 6.46. The summed E-state index contributed by atoms with van der Waals surface area (Å²) in [6, 6.07) is 2.04. The molecule has 1 aromatic carbocycles. The van der Waals surface area contributed by atoms with Gasteiger partial charge in [0.2, 0.25) is 5.91 Å². The fourth-order valence-corrected chi connectivity index (χ4v) is 3.67. The molecule has 21 heavy (non-hydrogen) atoms. The summed E-state index contributed by atoms with van der Waals surface area (Å²) in [5.74, 6) is -1.39. The van der Waals surface area contributed by atoms with Gasteiger partial charge in [-0.2, -0.15) is 0 Å². The molecule has 112 valence electrons. The van der Waals surface area contributed by atoms with Gasteiger partial charge in [0.15, 0.2) is 10.9 Å². The van der Waals surface area contributed by atoms with Crippen LogP contribution in [0.25, 0.3) is 10.2 Å². The van der Waals surface area contributed by atoms with Crippen LogP contribution in [0, 0.1) is 17.6 Å². The number of amides is 1. The van der Waals surface area contributed by atoms with Crippen LogP contribution in [0.3, 0.4) is 0 Å². The molecule has 3 rings (SSSR count). The van der Waals surface area contributed by atoms with Crippen molar-refractivity contribution in [3.63, 3.8) is 0 Å². The molecule has 3 nitrogen and oxygen atoms in total. The number of hydrogen-bond acceptors (Lipinski definition) is 3. The van der Waals surface area contributed by atoms with Crippen LogP contribution >= 0.6 is 11.3 Å². The molecule has 0 saturated heterocycles. The SMILES string of the molecule is O=C(Nc1nc2c(F)cc(F)cc2s1)C1CCCCCC1. The number of halogens is 2. The number of benzene rings is 1. The fourth-order valence-electron chi connectivity index (χ4n) is 2.76. The lowest BCUT2D eigenvalue weighted by molar-refractivity contribution is -0.120. The summed E-state index contributed by atoms with van der Waals surface area (Å²) in [6.45, 7) is 0. The molecule has 0 bridgehead atoms. The smallest absolute Gasteiger partial charge is 0.229 e. The number of hydrogen-bond donors (Lipinski definition) is 1. The first-order chi connectivity index (χ1) is 10.1. The molecule has 1 aliphatic rings. The van der Waals surface area contributed by atoms with Gasteiger partial charge in [-0.25, -0.2) is 13.8 Å². The molecule has 0 aliphatic heterocycles. The van der Waals surface area contributed by atoms with Crippen LogP contribution in [0.5, 0.6) is 0 Å². The first-order valence-electron chi connectivity index (χ1n) is 7.20. The minimum absolute atomic E-state index is 0.00101. The zero-order chi connectivity index (χ0) is 14.8. The zero-order valence-corrected chi connectivity index (χ0v) is 12.3. The molecule has 0 radical (unpaired) electrons. The Morgan fingerprint density at radius 1 is 1.19 bits per heavy atom. The highest BCUT2D eigenvalue weighted by molar-refractivity contribution is 7.22. The maximum absolute atomic E-state index is 13.6. The summed E-state index contributed by atoms with van der Waals surface area (Å²) in [7, 11) is 0. The third-order valence-corrected chi connectivity index (χ3v) is 4.79. The Bertz CT molecular complexity index is 663. The molecular formula is C15H16F2N2OS. The van der Waals surface area contributed by atoms with E-state index in [1.807, 2.05) is 0 Å². The van der Waals surface area contributed by atoms with E-state index < -0.39 is 11.6 Å². The number of thiazole rings is 1. The van der Waals surface area contributed by atoms with Crippen LogP contribution in [0.15, 0.2) is 12.1 Å². The molecule has 1 aliphatic carbocycles. The van der Waals surface area contributed by atoms with Crippen molar-refractivity contribution in [1.29, 1.82) is 0 Å². The van der Waals surface area contributed by atoms with E-state index in [9.17, 15) is 13.6 Å². The van der Waals surface area contributed by atoms with Crippen LogP contribution < -0.4 is 5.32 Å². The van der Waals surface area contributed by atoms with Crippen molar-refractivity contribution in [3.8, 4) is 0 Å². The maximum atomic E-state index is 13.6. The van der Waals surface area contributed by atoms with Crippen LogP contribution in [0.4, 0.5) is 13.9 Å². The minimum Gasteiger partial charge on any atom is -0.302 e. The number of aromatic nitrogens is 1. The molecular weight excluding hydrogens is 294 g/mol. The van der Waals surface area contributed by atoms with Crippen LogP contribution in [-0.2, 0) is 4.79 Å². The second kappa shape index (κ2) is 6.05. The lowest BCUT2D eigenvalue weighted by atomic mass is 10.00. The first-order valence-corrected chi connectivity index (χ1v) is 8.01. The van der Waals surface area contributed by atoms with E-state index in [4.69, 9.17) is 0 Å². The molecule has 1 N–H and O–H groups in total. The highest BCUT2D eigenvalue weighted by Crippen LogP contribution is 2.30. The summed E-state index contributed by atoms with van der Waals surface area (Å²) >= 11 is 1.10. The molecule has 0 unspecified atom stereocenters. The van der Waals surface area contributed by atoms with Gasteiger partial charge in [0.1, 0.15) is 11.3 Å². The topological polar surface area (TPSA) is 42.0 Å². The number of fused-ring (bicyclic) bond motifs is 1. The first kappa shape index (κ1) is 14.4.